The first-order valence-corrected chi connectivity index (χ1v) is 8.95. The molecule has 3 nitrogen and oxygen atoms in total. The molecule has 0 spiro atoms. The molecule has 2 aromatic rings. The number of para-hydroxylation sites is 1. The lowest BCUT2D eigenvalue weighted by Crippen LogP contribution is -2.32. The minimum Gasteiger partial charge on any atom is -0.361 e. The van der Waals surface area contributed by atoms with Crippen LogP contribution in [0.1, 0.15) is 45.1 Å². The van der Waals surface area contributed by atoms with Crippen molar-refractivity contribution in [2.24, 2.45) is 17.8 Å². The van der Waals surface area contributed by atoms with Crippen molar-refractivity contribution in [2.45, 2.75) is 46.0 Å². The third kappa shape index (κ3) is 3.95. The Morgan fingerprint density at radius 2 is 1.96 bits per heavy atom. The van der Waals surface area contributed by atoms with E-state index in [4.69, 9.17) is 0 Å². The van der Waals surface area contributed by atoms with Crippen LogP contribution in [0.2, 0.25) is 0 Å². The lowest BCUT2D eigenvalue weighted by molar-refractivity contribution is -0.120. The summed E-state index contributed by atoms with van der Waals surface area (Å²) in [5.41, 5.74) is 2.18. The number of fused-ring (bicyclic) bond motifs is 1. The quantitative estimate of drug-likeness (QED) is 0.850. The molecule has 1 fully saturated rings. The van der Waals surface area contributed by atoms with Crippen LogP contribution in [-0.4, -0.2) is 17.4 Å². The minimum atomic E-state index is 0.140. The summed E-state index contributed by atoms with van der Waals surface area (Å²) in [6.07, 6.45) is 7.58. The van der Waals surface area contributed by atoms with E-state index in [0.29, 0.717) is 12.3 Å². The first-order chi connectivity index (χ1) is 11.1. The van der Waals surface area contributed by atoms with Gasteiger partial charge in [0.05, 0.1) is 6.42 Å². The number of carbonyl (C=O) groups excluding carboxylic acids is 1. The molecule has 1 aliphatic carbocycles. The van der Waals surface area contributed by atoms with Crippen molar-refractivity contribution < 1.29 is 4.79 Å². The van der Waals surface area contributed by atoms with E-state index in [0.717, 1.165) is 34.8 Å². The van der Waals surface area contributed by atoms with Gasteiger partial charge in [0.2, 0.25) is 5.91 Å². The van der Waals surface area contributed by atoms with Crippen molar-refractivity contribution in [1.82, 2.24) is 10.3 Å². The van der Waals surface area contributed by atoms with Gasteiger partial charge < -0.3 is 10.3 Å². The highest BCUT2D eigenvalue weighted by atomic mass is 16.1. The highest BCUT2D eigenvalue weighted by Crippen LogP contribution is 2.32. The molecule has 1 aromatic carbocycles. The number of carbonyl (C=O) groups is 1. The summed E-state index contributed by atoms with van der Waals surface area (Å²) in [5.74, 6) is 2.48. The third-order valence-electron chi connectivity index (χ3n) is 5.45. The number of hydrogen-bond donors (Lipinski definition) is 2. The normalized spacial score (nSPS) is 21.7. The Kier molecular flexibility index (Phi) is 5.04. The fourth-order valence-electron chi connectivity index (χ4n) is 3.83. The molecule has 2 N–H and O–H groups in total. The highest BCUT2D eigenvalue weighted by Gasteiger charge is 2.23. The molecule has 0 saturated heterocycles. The SMILES string of the molecule is CC(C)C1CCC(CNC(=O)Cc2c[nH]c3ccccc23)CC1. The average Bonchev–Trinajstić information content (AvgIpc) is 2.96. The van der Waals surface area contributed by atoms with E-state index >= 15 is 0 Å². The molecule has 1 aromatic heterocycles. The molecule has 0 radical (unpaired) electrons. The number of nitrogens with one attached hydrogen (secondary N) is 2. The standard InChI is InChI=1S/C20H28N2O/c1-14(2)16-9-7-15(8-10-16)12-22-20(23)11-17-13-21-19-6-4-3-5-18(17)19/h3-6,13-16,21H,7-12H2,1-2H3,(H,22,23). The van der Waals surface area contributed by atoms with E-state index in [1.807, 2.05) is 24.4 Å². The zero-order valence-electron chi connectivity index (χ0n) is 14.3. The zero-order chi connectivity index (χ0) is 16.2. The Morgan fingerprint density at radius 3 is 2.70 bits per heavy atom. The average molecular weight is 312 g/mol. The maximum atomic E-state index is 12.2. The number of hydrogen-bond acceptors (Lipinski definition) is 1. The van der Waals surface area contributed by atoms with Gasteiger partial charge in [-0.15, -0.1) is 0 Å². The topological polar surface area (TPSA) is 44.9 Å². The first kappa shape index (κ1) is 16.1. The molecule has 0 aliphatic heterocycles. The van der Waals surface area contributed by atoms with Crippen LogP contribution in [0.5, 0.6) is 0 Å². The molecule has 3 rings (SSSR count). The molecule has 1 saturated carbocycles. The Hall–Kier alpha value is -1.77. The largest absolute Gasteiger partial charge is 0.361 e. The van der Waals surface area contributed by atoms with Crippen LogP contribution in [0.3, 0.4) is 0 Å². The van der Waals surface area contributed by atoms with Crippen molar-refractivity contribution in [3.05, 3.63) is 36.0 Å². The van der Waals surface area contributed by atoms with Gasteiger partial charge in [-0.05, 0) is 55.1 Å². The van der Waals surface area contributed by atoms with Crippen LogP contribution in [0.25, 0.3) is 10.9 Å². The maximum absolute atomic E-state index is 12.2. The summed E-state index contributed by atoms with van der Waals surface area (Å²) in [5, 5.41) is 4.30. The van der Waals surface area contributed by atoms with Gasteiger partial charge in [-0.3, -0.25) is 4.79 Å². The minimum absolute atomic E-state index is 0.140. The lowest BCUT2D eigenvalue weighted by Gasteiger charge is -2.30. The summed E-state index contributed by atoms with van der Waals surface area (Å²) < 4.78 is 0. The molecular weight excluding hydrogens is 284 g/mol. The van der Waals surface area contributed by atoms with Gasteiger partial charge >= 0.3 is 0 Å². The summed E-state index contributed by atoms with van der Waals surface area (Å²) in [4.78, 5) is 15.5. The lowest BCUT2D eigenvalue weighted by atomic mass is 9.77. The second-order valence-corrected chi connectivity index (χ2v) is 7.37. The van der Waals surface area contributed by atoms with Gasteiger partial charge in [0.1, 0.15) is 0 Å². The van der Waals surface area contributed by atoms with E-state index in [1.54, 1.807) is 0 Å². The van der Waals surface area contributed by atoms with Gasteiger partial charge in [-0.1, -0.05) is 32.0 Å². The molecule has 23 heavy (non-hydrogen) atoms. The van der Waals surface area contributed by atoms with Crippen LogP contribution in [0.4, 0.5) is 0 Å². The molecule has 3 heteroatoms. The fourth-order valence-corrected chi connectivity index (χ4v) is 3.83. The Labute approximate surface area is 138 Å². The Balaban J connectivity index is 1.47. The van der Waals surface area contributed by atoms with Gasteiger partial charge in [0.15, 0.2) is 0 Å². The first-order valence-electron chi connectivity index (χ1n) is 8.95. The molecule has 1 aliphatic rings. The van der Waals surface area contributed by atoms with Crippen molar-refractivity contribution in [1.29, 1.82) is 0 Å². The van der Waals surface area contributed by atoms with Gasteiger partial charge in [0.25, 0.3) is 0 Å². The second-order valence-electron chi connectivity index (χ2n) is 7.37. The van der Waals surface area contributed by atoms with Gasteiger partial charge in [-0.2, -0.15) is 0 Å². The highest BCUT2D eigenvalue weighted by molar-refractivity contribution is 5.88. The molecule has 0 unspecified atom stereocenters. The number of aromatic nitrogens is 1. The fraction of sp³-hybridized carbons (Fsp3) is 0.550. The van der Waals surface area contributed by atoms with E-state index in [2.05, 4.69) is 30.2 Å². The van der Waals surface area contributed by atoms with Gasteiger partial charge in [-0.25, -0.2) is 0 Å². The van der Waals surface area contributed by atoms with Crippen LogP contribution in [-0.2, 0) is 11.2 Å². The van der Waals surface area contributed by atoms with Crippen LogP contribution >= 0.6 is 0 Å². The summed E-state index contributed by atoms with van der Waals surface area (Å²) >= 11 is 0. The number of H-pyrrole nitrogens is 1. The van der Waals surface area contributed by atoms with Crippen molar-refractivity contribution in [2.75, 3.05) is 6.54 Å². The second kappa shape index (κ2) is 7.20. The van der Waals surface area contributed by atoms with Crippen molar-refractivity contribution in [3.63, 3.8) is 0 Å². The summed E-state index contributed by atoms with van der Waals surface area (Å²) in [6.45, 7) is 5.49. The number of amides is 1. The van der Waals surface area contributed by atoms with Crippen LogP contribution < -0.4 is 5.32 Å². The summed E-state index contributed by atoms with van der Waals surface area (Å²) in [6, 6.07) is 8.15. The number of benzene rings is 1. The molecule has 1 heterocycles. The zero-order valence-corrected chi connectivity index (χ0v) is 14.3. The van der Waals surface area contributed by atoms with Crippen molar-refractivity contribution in [3.8, 4) is 0 Å². The van der Waals surface area contributed by atoms with E-state index in [1.165, 1.54) is 25.7 Å². The third-order valence-corrected chi connectivity index (χ3v) is 5.45. The van der Waals surface area contributed by atoms with Crippen LogP contribution in [0.15, 0.2) is 30.5 Å². The number of aromatic amines is 1. The Morgan fingerprint density at radius 1 is 1.22 bits per heavy atom. The smallest absolute Gasteiger partial charge is 0.224 e. The van der Waals surface area contributed by atoms with Crippen molar-refractivity contribution >= 4 is 16.8 Å². The molecule has 1 amide bonds. The molecular formula is C20H28N2O. The summed E-state index contributed by atoms with van der Waals surface area (Å²) in [7, 11) is 0. The Bertz CT molecular complexity index is 650. The monoisotopic (exact) mass is 312 g/mol. The van der Waals surface area contributed by atoms with E-state index in [-0.39, 0.29) is 5.91 Å². The van der Waals surface area contributed by atoms with E-state index < -0.39 is 0 Å². The maximum Gasteiger partial charge on any atom is 0.224 e. The number of rotatable bonds is 5. The van der Waals surface area contributed by atoms with Crippen LogP contribution in [0, 0.1) is 17.8 Å². The van der Waals surface area contributed by atoms with E-state index in [9.17, 15) is 4.79 Å². The molecule has 0 bridgehead atoms. The van der Waals surface area contributed by atoms with Gasteiger partial charge in [0, 0.05) is 23.6 Å². The molecule has 124 valence electrons. The predicted octanol–water partition coefficient (Wildman–Crippen LogP) is 4.29. The molecule has 0 atom stereocenters. The predicted molar refractivity (Wildman–Crippen MR) is 95.3 cm³/mol.